The lowest BCUT2D eigenvalue weighted by Crippen LogP contribution is -2.65. The molecule has 0 bridgehead atoms. The number of thioether (sulfide) groups is 1. The Bertz CT molecular complexity index is 1220. The topological polar surface area (TPSA) is 157 Å². The summed E-state index contributed by atoms with van der Waals surface area (Å²) >= 11 is 1.13. The maximum absolute atomic E-state index is 12.2. The maximum atomic E-state index is 12.2. The molecule has 0 aliphatic carbocycles. The van der Waals surface area contributed by atoms with Gasteiger partial charge in [0, 0.05) is 34.2 Å². The molecule has 1 aromatic carbocycles. The van der Waals surface area contributed by atoms with Gasteiger partial charge in [-0.3, -0.25) is 19.2 Å². The number of benzene rings is 1. The molecule has 1 aliphatic rings. The van der Waals surface area contributed by atoms with Crippen LogP contribution in [0.3, 0.4) is 0 Å². The summed E-state index contributed by atoms with van der Waals surface area (Å²) in [7, 11) is 0. The highest BCUT2D eigenvalue weighted by Crippen LogP contribution is 2.36. The number of ether oxygens (including phenoxy) is 5. The molecule has 40 heavy (non-hydrogen) atoms. The van der Waals surface area contributed by atoms with Gasteiger partial charge in [0.15, 0.2) is 23.2 Å². The Morgan fingerprint density at radius 2 is 1.68 bits per heavy atom. The minimum Gasteiger partial charge on any atom is -0.485 e. The molecule has 3 rings (SSSR count). The predicted octanol–water partition coefficient (Wildman–Crippen LogP) is 1.93. The number of esters is 3. The molecule has 14 heteroatoms. The molecular weight excluding hydrogens is 544 g/mol. The van der Waals surface area contributed by atoms with Gasteiger partial charge in [-0.05, 0) is 25.5 Å². The summed E-state index contributed by atoms with van der Waals surface area (Å²) in [4.78, 5) is 47.8. The molecule has 218 valence electrons. The third kappa shape index (κ3) is 8.18. The summed E-state index contributed by atoms with van der Waals surface area (Å²) in [5, 5.41) is 11.8. The van der Waals surface area contributed by atoms with Gasteiger partial charge in [0.25, 0.3) is 0 Å². The van der Waals surface area contributed by atoms with E-state index in [1.54, 1.807) is 0 Å². The minimum atomic E-state index is -1.17. The van der Waals surface area contributed by atoms with E-state index in [-0.39, 0.29) is 13.2 Å². The molecule has 5 atom stereocenters. The number of hydrogen-bond acceptors (Lipinski definition) is 12. The van der Waals surface area contributed by atoms with Crippen LogP contribution in [-0.2, 0) is 51.3 Å². The SMILES string of the molecule is CCn1c(COc2ccccc2C)nnc1S[C@@H]1O[C@H](COC(C)=O)[C@@H](OC(C)=O)[C@H](OC(C)=O)[C@H]1NC(C)=O. The average molecular weight is 579 g/mol. The summed E-state index contributed by atoms with van der Waals surface area (Å²) in [6, 6.07) is 6.65. The summed E-state index contributed by atoms with van der Waals surface area (Å²) in [6.07, 6.45) is -3.34. The third-order valence-corrected chi connectivity index (χ3v) is 7.00. The zero-order chi connectivity index (χ0) is 29.4. The fraction of sp³-hybridized carbons (Fsp3) is 0.538. The highest BCUT2D eigenvalue weighted by Gasteiger charge is 2.51. The average Bonchev–Trinajstić information content (AvgIpc) is 3.26. The van der Waals surface area contributed by atoms with Gasteiger partial charge in [-0.25, -0.2) is 0 Å². The normalized spacial score (nSPS) is 22.2. The first-order valence-electron chi connectivity index (χ1n) is 12.7. The molecule has 1 fully saturated rings. The summed E-state index contributed by atoms with van der Waals surface area (Å²) in [5.41, 5.74) is 0.0753. The number of aryl methyl sites for hydroxylation is 1. The number of carbonyl (C=O) groups excluding carboxylic acids is 4. The molecule has 0 spiro atoms. The molecule has 13 nitrogen and oxygen atoms in total. The van der Waals surface area contributed by atoms with Crippen LogP contribution in [0.2, 0.25) is 0 Å². The fourth-order valence-electron chi connectivity index (χ4n) is 4.19. The van der Waals surface area contributed by atoms with Crippen molar-refractivity contribution in [3.63, 3.8) is 0 Å². The molecule has 2 heterocycles. The first-order valence-corrected chi connectivity index (χ1v) is 13.6. The second-order valence-corrected chi connectivity index (χ2v) is 10.1. The van der Waals surface area contributed by atoms with E-state index in [1.165, 1.54) is 27.7 Å². The zero-order valence-electron chi connectivity index (χ0n) is 23.2. The lowest BCUT2D eigenvalue weighted by atomic mass is 9.97. The van der Waals surface area contributed by atoms with E-state index < -0.39 is 53.6 Å². The molecular formula is C26H34N4O9S. The van der Waals surface area contributed by atoms with Crippen molar-refractivity contribution in [2.24, 2.45) is 0 Å². The first kappa shape index (κ1) is 30.9. The summed E-state index contributed by atoms with van der Waals surface area (Å²) < 4.78 is 30.2. The second kappa shape index (κ2) is 14.1. The molecule has 1 saturated heterocycles. The highest BCUT2D eigenvalue weighted by atomic mass is 32.2. The van der Waals surface area contributed by atoms with Crippen LogP contribution in [0.4, 0.5) is 0 Å². The van der Waals surface area contributed by atoms with Gasteiger partial charge in [-0.2, -0.15) is 0 Å². The molecule has 1 aromatic heterocycles. The molecule has 2 aromatic rings. The van der Waals surface area contributed by atoms with Crippen LogP contribution in [0.15, 0.2) is 29.4 Å². The van der Waals surface area contributed by atoms with Gasteiger partial charge < -0.3 is 33.6 Å². The lowest BCUT2D eigenvalue weighted by molar-refractivity contribution is -0.211. The van der Waals surface area contributed by atoms with E-state index >= 15 is 0 Å². The van der Waals surface area contributed by atoms with Gasteiger partial charge in [-0.15, -0.1) is 10.2 Å². The van der Waals surface area contributed by atoms with E-state index in [0.717, 1.165) is 23.1 Å². The Balaban J connectivity index is 1.93. The maximum Gasteiger partial charge on any atom is 0.303 e. The fourth-order valence-corrected chi connectivity index (χ4v) is 5.41. The van der Waals surface area contributed by atoms with Crippen LogP contribution < -0.4 is 10.1 Å². The second-order valence-electron chi connectivity index (χ2n) is 9.03. The van der Waals surface area contributed by atoms with E-state index in [2.05, 4.69) is 15.5 Å². The predicted molar refractivity (Wildman–Crippen MR) is 141 cm³/mol. The largest absolute Gasteiger partial charge is 0.485 e. The van der Waals surface area contributed by atoms with Crippen molar-refractivity contribution in [3.8, 4) is 5.75 Å². The molecule has 0 unspecified atom stereocenters. The van der Waals surface area contributed by atoms with Gasteiger partial charge >= 0.3 is 17.9 Å². The van der Waals surface area contributed by atoms with Crippen LogP contribution >= 0.6 is 11.8 Å². The number of amides is 1. The smallest absolute Gasteiger partial charge is 0.303 e. The van der Waals surface area contributed by atoms with Gasteiger partial charge in [-0.1, -0.05) is 30.0 Å². The molecule has 1 N–H and O–H groups in total. The van der Waals surface area contributed by atoms with Crippen molar-refractivity contribution < 1.29 is 42.9 Å². The number of aromatic nitrogens is 3. The van der Waals surface area contributed by atoms with Crippen LogP contribution in [0.5, 0.6) is 5.75 Å². The van der Waals surface area contributed by atoms with E-state index in [1.807, 2.05) is 42.7 Å². The lowest BCUT2D eigenvalue weighted by Gasteiger charge is -2.44. The van der Waals surface area contributed by atoms with Crippen LogP contribution in [0, 0.1) is 6.92 Å². The van der Waals surface area contributed by atoms with E-state index in [0.29, 0.717) is 17.5 Å². The van der Waals surface area contributed by atoms with Crippen LogP contribution in [0.25, 0.3) is 0 Å². The standard InChI is InChI=1S/C26H34N4O9S/c1-7-30-21(13-36-19-11-9-8-10-14(19)2)28-29-26(30)40-25-22(27-15(3)31)24(38-18(6)34)23(37-17(5)33)20(39-25)12-35-16(4)32/h8-11,20,22-25H,7,12-13H2,1-6H3,(H,27,31)/t20-,22-,23-,24-,25+/m1/s1. The van der Waals surface area contributed by atoms with Crippen LogP contribution in [0.1, 0.15) is 46.0 Å². The summed E-state index contributed by atoms with van der Waals surface area (Å²) in [5.74, 6) is -1.06. The number of rotatable bonds is 11. The number of carbonyl (C=O) groups is 4. The van der Waals surface area contributed by atoms with Gasteiger partial charge in [0.2, 0.25) is 5.91 Å². The van der Waals surface area contributed by atoms with Crippen molar-refractivity contribution in [2.45, 2.75) is 89.6 Å². The third-order valence-electron chi connectivity index (χ3n) is 5.85. The van der Waals surface area contributed by atoms with Gasteiger partial charge in [0.05, 0.1) is 0 Å². The molecule has 0 radical (unpaired) electrons. The molecule has 1 amide bonds. The Labute approximate surface area is 236 Å². The highest BCUT2D eigenvalue weighted by molar-refractivity contribution is 7.99. The Morgan fingerprint density at radius 1 is 1.00 bits per heavy atom. The van der Waals surface area contributed by atoms with E-state index in [9.17, 15) is 19.2 Å². The van der Waals surface area contributed by atoms with Crippen molar-refractivity contribution in [1.82, 2.24) is 20.1 Å². The van der Waals surface area contributed by atoms with Crippen molar-refractivity contribution >= 4 is 35.6 Å². The number of nitrogens with zero attached hydrogens (tertiary/aromatic N) is 3. The zero-order valence-corrected chi connectivity index (χ0v) is 24.1. The Hall–Kier alpha value is -3.65. The molecule has 0 saturated carbocycles. The monoisotopic (exact) mass is 578 g/mol. The first-order chi connectivity index (χ1) is 19.0. The number of para-hydroxylation sites is 1. The quantitative estimate of drug-likeness (QED) is 0.306. The van der Waals surface area contributed by atoms with Crippen molar-refractivity contribution in [1.29, 1.82) is 0 Å². The number of hydrogen-bond donors (Lipinski definition) is 1. The Morgan fingerprint density at radius 3 is 2.27 bits per heavy atom. The van der Waals surface area contributed by atoms with Gasteiger partial charge in [0.1, 0.15) is 36.5 Å². The molecule has 1 aliphatic heterocycles. The van der Waals surface area contributed by atoms with Crippen molar-refractivity contribution in [2.75, 3.05) is 6.61 Å². The van der Waals surface area contributed by atoms with E-state index in [4.69, 9.17) is 23.7 Å². The minimum absolute atomic E-state index is 0.159. The van der Waals surface area contributed by atoms with Crippen molar-refractivity contribution in [3.05, 3.63) is 35.7 Å². The van der Waals surface area contributed by atoms with Crippen LogP contribution in [-0.4, -0.2) is 75.0 Å². The Kier molecular flexibility index (Phi) is 10.9. The number of nitrogens with one attached hydrogen (secondary N) is 1. The summed E-state index contributed by atoms with van der Waals surface area (Å²) in [6.45, 7) is 9.14.